The van der Waals surface area contributed by atoms with E-state index in [1.807, 2.05) is 12.1 Å². The molecule has 0 aliphatic heterocycles. The molecule has 0 fully saturated rings. The first-order valence-electron chi connectivity index (χ1n) is 9.75. The van der Waals surface area contributed by atoms with Crippen molar-refractivity contribution in [2.24, 2.45) is 0 Å². The lowest BCUT2D eigenvalue weighted by atomic mass is 9.98. The van der Waals surface area contributed by atoms with Gasteiger partial charge in [-0.15, -0.1) is 0 Å². The van der Waals surface area contributed by atoms with Gasteiger partial charge in [-0.25, -0.2) is 0 Å². The SMILES string of the molecule is COc1ccc(CCCO)cc1CCCc1cc(CCCO)ccc1OC. The van der Waals surface area contributed by atoms with Gasteiger partial charge in [0.2, 0.25) is 0 Å². The minimum atomic E-state index is 0.216. The summed E-state index contributed by atoms with van der Waals surface area (Å²) in [7, 11) is 3.42. The molecule has 0 unspecified atom stereocenters. The van der Waals surface area contributed by atoms with E-state index in [-0.39, 0.29) is 13.2 Å². The second-order valence-corrected chi connectivity index (χ2v) is 6.80. The molecule has 2 aromatic rings. The molecule has 0 aliphatic carbocycles. The van der Waals surface area contributed by atoms with Crippen LogP contribution in [0.25, 0.3) is 0 Å². The Morgan fingerprint density at radius 3 is 1.44 bits per heavy atom. The zero-order valence-corrected chi connectivity index (χ0v) is 16.5. The number of hydrogen-bond acceptors (Lipinski definition) is 4. The molecule has 4 nitrogen and oxygen atoms in total. The largest absolute Gasteiger partial charge is 0.496 e. The number of aliphatic hydroxyl groups is 2. The lowest BCUT2D eigenvalue weighted by Gasteiger charge is -2.13. The Hall–Kier alpha value is -2.04. The maximum absolute atomic E-state index is 9.04. The number of aliphatic hydroxyl groups excluding tert-OH is 2. The quantitative estimate of drug-likeness (QED) is 0.596. The van der Waals surface area contributed by atoms with Gasteiger partial charge in [-0.1, -0.05) is 24.3 Å². The summed E-state index contributed by atoms with van der Waals surface area (Å²) >= 11 is 0. The summed E-state index contributed by atoms with van der Waals surface area (Å²) in [6.45, 7) is 0.432. The van der Waals surface area contributed by atoms with Crippen molar-refractivity contribution in [3.63, 3.8) is 0 Å². The van der Waals surface area contributed by atoms with Crippen molar-refractivity contribution >= 4 is 0 Å². The molecule has 148 valence electrons. The van der Waals surface area contributed by atoms with E-state index in [1.54, 1.807) is 14.2 Å². The van der Waals surface area contributed by atoms with Gasteiger partial charge < -0.3 is 19.7 Å². The monoisotopic (exact) mass is 372 g/mol. The molecule has 27 heavy (non-hydrogen) atoms. The Labute approximate surface area is 162 Å². The predicted molar refractivity (Wildman–Crippen MR) is 109 cm³/mol. The fourth-order valence-electron chi connectivity index (χ4n) is 3.40. The number of benzene rings is 2. The molecule has 0 heterocycles. The molecule has 0 saturated carbocycles. The first-order valence-corrected chi connectivity index (χ1v) is 9.75. The zero-order chi connectivity index (χ0) is 19.5. The van der Waals surface area contributed by atoms with E-state index in [4.69, 9.17) is 19.7 Å². The van der Waals surface area contributed by atoms with E-state index in [1.165, 1.54) is 22.3 Å². The Morgan fingerprint density at radius 1 is 0.630 bits per heavy atom. The zero-order valence-electron chi connectivity index (χ0n) is 16.5. The van der Waals surface area contributed by atoms with Crippen molar-refractivity contribution in [2.45, 2.75) is 44.9 Å². The second kappa shape index (κ2) is 11.6. The van der Waals surface area contributed by atoms with Crippen molar-refractivity contribution in [1.82, 2.24) is 0 Å². The average Bonchev–Trinajstić information content (AvgIpc) is 2.71. The van der Waals surface area contributed by atoms with Crippen LogP contribution >= 0.6 is 0 Å². The molecular weight excluding hydrogens is 340 g/mol. The first-order chi connectivity index (χ1) is 13.2. The molecule has 0 radical (unpaired) electrons. The number of aryl methyl sites for hydroxylation is 4. The average molecular weight is 373 g/mol. The molecule has 0 amide bonds. The second-order valence-electron chi connectivity index (χ2n) is 6.80. The van der Waals surface area contributed by atoms with Gasteiger partial charge in [0.1, 0.15) is 11.5 Å². The van der Waals surface area contributed by atoms with E-state index >= 15 is 0 Å². The van der Waals surface area contributed by atoms with Crippen LogP contribution in [0.5, 0.6) is 11.5 Å². The number of hydrogen-bond donors (Lipinski definition) is 2. The van der Waals surface area contributed by atoms with Gasteiger partial charge in [0.25, 0.3) is 0 Å². The van der Waals surface area contributed by atoms with E-state index in [9.17, 15) is 0 Å². The molecule has 4 heteroatoms. The van der Waals surface area contributed by atoms with E-state index in [0.717, 1.165) is 56.4 Å². The van der Waals surface area contributed by atoms with Crippen LogP contribution in [0.2, 0.25) is 0 Å². The lowest BCUT2D eigenvalue weighted by Crippen LogP contribution is -1.99. The highest BCUT2D eigenvalue weighted by molar-refractivity contribution is 5.39. The third-order valence-electron chi connectivity index (χ3n) is 4.83. The summed E-state index contributed by atoms with van der Waals surface area (Å²) in [5, 5.41) is 18.1. The van der Waals surface area contributed by atoms with Crippen LogP contribution in [0.1, 0.15) is 41.5 Å². The number of rotatable bonds is 12. The van der Waals surface area contributed by atoms with Crippen LogP contribution in [0.3, 0.4) is 0 Å². The Balaban J connectivity index is 2.04. The third-order valence-corrected chi connectivity index (χ3v) is 4.83. The van der Waals surface area contributed by atoms with Gasteiger partial charge in [-0.3, -0.25) is 0 Å². The highest BCUT2D eigenvalue weighted by atomic mass is 16.5. The summed E-state index contributed by atoms with van der Waals surface area (Å²) in [6, 6.07) is 12.6. The van der Waals surface area contributed by atoms with Crippen LogP contribution in [-0.2, 0) is 25.7 Å². The molecule has 0 atom stereocenters. The Kier molecular flexibility index (Phi) is 9.16. The maximum Gasteiger partial charge on any atom is 0.122 e. The summed E-state index contributed by atoms with van der Waals surface area (Å²) in [4.78, 5) is 0. The van der Waals surface area contributed by atoms with Crippen LogP contribution < -0.4 is 9.47 Å². The molecule has 2 aromatic carbocycles. The highest BCUT2D eigenvalue weighted by Crippen LogP contribution is 2.26. The molecule has 0 aromatic heterocycles. The highest BCUT2D eigenvalue weighted by Gasteiger charge is 2.08. The number of methoxy groups -OCH3 is 2. The van der Waals surface area contributed by atoms with Crippen molar-refractivity contribution in [3.05, 3.63) is 58.7 Å². The summed E-state index contributed by atoms with van der Waals surface area (Å²) in [6.07, 6.45) is 6.19. The summed E-state index contributed by atoms with van der Waals surface area (Å²) in [5.41, 5.74) is 4.90. The van der Waals surface area contributed by atoms with Crippen LogP contribution in [0.4, 0.5) is 0 Å². The minimum Gasteiger partial charge on any atom is -0.496 e. The maximum atomic E-state index is 9.04. The Morgan fingerprint density at radius 2 is 1.07 bits per heavy atom. The number of ether oxygens (including phenoxy) is 2. The van der Waals surface area contributed by atoms with Crippen molar-refractivity contribution in [2.75, 3.05) is 27.4 Å². The van der Waals surface area contributed by atoms with Gasteiger partial charge in [-0.2, -0.15) is 0 Å². The molecule has 0 aliphatic rings. The smallest absolute Gasteiger partial charge is 0.122 e. The van der Waals surface area contributed by atoms with Gasteiger partial charge in [0.05, 0.1) is 14.2 Å². The van der Waals surface area contributed by atoms with Crippen LogP contribution in [0, 0.1) is 0 Å². The molecule has 0 spiro atoms. The fourth-order valence-corrected chi connectivity index (χ4v) is 3.40. The van der Waals surface area contributed by atoms with Crippen LogP contribution in [0.15, 0.2) is 36.4 Å². The Bertz CT molecular complexity index is 637. The van der Waals surface area contributed by atoms with Gasteiger partial charge >= 0.3 is 0 Å². The lowest BCUT2D eigenvalue weighted by molar-refractivity contribution is 0.288. The molecular formula is C23H32O4. The third kappa shape index (κ3) is 6.56. The normalized spacial score (nSPS) is 10.8. The topological polar surface area (TPSA) is 58.9 Å². The minimum absolute atomic E-state index is 0.216. The standard InChI is InChI=1S/C23H32O4/c1-26-22-12-10-18(6-4-14-24)16-20(22)8-3-9-21-17-19(7-5-15-25)11-13-23(21)27-2/h10-13,16-17,24-25H,3-9,14-15H2,1-2H3. The van der Waals surface area contributed by atoms with E-state index < -0.39 is 0 Å². The van der Waals surface area contributed by atoms with E-state index in [0.29, 0.717) is 0 Å². The molecule has 0 saturated heterocycles. The van der Waals surface area contributed by atoms with Crippen molar-refractivity contribution in [3.8, 4) is 11.5 Å². The van der Waals surface area contributed by atoms with Gasteiger partial charge in [-0.05, 0) is 79.3 Å². The predicted octanol–water partition coefficient (Wildman–Crippen LogP) is 3.73. The van der Waals surface area contributed by atoms with Crippen LogP contribution in [-0.4, -0.2) is 37.6 Å². The summed E-state index contributed by atoms with van der Waals surface area (Å²) in [5.74, 6) is 1.85. The van der Waals surface area contributed by atoms with Gasteiger partial charge in [0, 0.05) is 13.2 Å². The van der Waals surface area contributed by atoms with Crippen molar-refractivity contribution in [1.29, 1.82) is 0 Å². The molecule has 2 N–H and O–H groups in total. The van der Waals surface area contributed by atoms with Crippen molar-refractivity contribution < 1.29 is 19.7 Å². The fraction of sp³-hybridized carbons (Fsp3) is 0.478. The molecule has 2 rings (SSSR count). The van der Waals surface area contributed by atoms with E-state index in [2.05, 4.69) is 24.3 Å². The first kappa shape index (κ1) is 21.3. The summed E-state index contributed by atoms with van der Waals surface area (Å²) < 4.78 is 11.0. The molecule has 0 bridgehead atoms. The van der Waals surface area contributed by atoms with Gasteiger partial charge in [0.15, 0.2) is 0 Å².